The van der Waals surface area contributed by atoms with Gasteiger partial charge in [0, 0.05) is 25.0 Å². The van der Waals surface area contributed by atoms with Crippen LogP contribution in [0.1, 0.15) is 24.6 Å². The Morgan fingerprint density at radius 1 is 1.35 bits per heavy atom. The lowest BCUT2D eigenvalue weighted by Crippen LogP contribution is -2.24. The molecule has 5 nitrogen and oxygen atoms in total. The first-order valence-corrected chi connectivity index (χ1v) is 6.28. The molecule has 0 spiro atoms. The van der Waals surface area contributed by atoms with E-state index in [1.54, 1.807) is 18.7 Å². The van der Waals surface area contributed by atoms with Crippen molar-refractivity contribution < 1.29 is 4.52 Å². The Morgan fingerprint density at radius 3 is 2.88 bits per heavy atom. The topological polar surface area (TPSA) is 55.1 Å². The van der Waals surface area contributed by atoms with Crippen molar-refractivity contribution in [3.63, 3.8) is 0 Å². The number of aromatic nitrogens is 3. The van der Waals surface area contributed by atoms with Gasteiger partial charge in [-0.2, -0.15) is 0 Å². The van der Waals surface area contributed by atoms with Gasteiger partial charge in [0.15, 0.2) is 0 Å². The number of nitrogens with zero attached hydrogens (tertiary/aromatic N) is 4. The Kier molecular flexibility index (Phi) is 2.80. The highest BCUT2D eigenvalue weighted by Gasteiger charge is 2.29. The number of anilines is 1. The van der Waals surface area contributed by atoms with Crippen LogP contribution in [0.3, 0.4) is 0 Å². The quantitative estimate of drug-likeness (QED) is 0.852. The highest BCUT2D eigenvalue weighted by Crippen LogP contribution is 2.33. The molecule has 0 saturated carbocycles. The first-order valence-electron chi connectivity index (χ1n) is 5.49. The zero-order valence-corrected chi connectivity index (χ0v) is 10.7. The molecular formula is C11H11BrN4O. The smallest absolute Gasteiger partial charge is 0.225 e. The van der Waals surface area contributed by atoms with Crippen molar-refractivity contribution in [2.75, 3.05) is 11.4 Å². The highest BCUT2D eigenvalue weighted by atomic mass is 79.9. The van der Waals surface area contributed by atoms with Crippen LogP contribution in [-0.4, -0.2) is 21.7 Å². The fourth-order valence-corrected chi connectivity index (χ4v) is 2.37. The molecule has 0 aromatic carbocycles. The van der Waals surface area contributed by atoms with Gasteiger partial charge in [-0.25, -0.2) is 9.97 Å². The second kappa shape index (κ2) is 4.44. The van der Waals surface area contributed by atoms with Crippen molar-refractivity contribution >= 4 is 21.9 Å². The molecule has 1 aliphatic rings. The van der Waals surface area contributed by atoms with Crippen LogP contribution in [0.2, 0.25) is 0 Å². The number of rotatable bonds is 2. The van der Waals surface area contributed by atoms with E-state index in [2.05, 4.69) is 36.0 Å². The summed E-state index contributed by atoms with van der Waals surface area (Å²) >= 11 is 3.34. The molecule has 0 N–H and O–H groups in total. The van der Waals surface area contributed by atoms with E-state index in [1.165, 1.54) is 0 Å². The Bertz CT molecular complexity index is 485. The van der Waals surface area contributed by atoms with Gasteiger partial charge in [-0.3, -0.25) is 0 Å². The van der Waals surface area contributed by atoms with E-state index in [-0.39, 0.29) is 6.04 Å². The molecule has 0 aliphatic carbocycles. The van der Waals surface area contributed by atoms with Crippen molar-refractivity contribution in [2.24, 2.45) is 0 Å². The maximum Gasteiger partial charge on any atom is 0.225 e. The molecule has 6 heteroatoms. The average Bonchev–Trinajstić information content (AvgIpc) is 3.00. The van der Waals surface area contributed by atoms with E-state index in [4.69, 9.17) is 4.52 Å². The van der Waals surface area contributed by atoms with Crippen LogP contribution < -0.4 is 4.90 Å². The Balaban J connectivity index is 1.89. The lowest BCUT2D eigenvalue weighted by Gasteiger charge is -2.22. The van der Waals surface area contributed by atoms with Crippen LogP contribution in [0.5, 0.6) is 0 Å². The van der Waals surface area contributed by atoms with E-state index in [1.807, 2.05) is 6.07 Å². The average molecular weight is 295 g/mol. The summed E-state index contributed by atoms with van der Waals surface area (Å²) in [5.74, 6) is 0.749. The maximum absolute atomic E-state index is 4.91. The van der Waals surface area contributed by atoms with Crippen LogP contribution in [0.25, 0.3) is 0 Å². The van der Waals surface area contributed by atoms with Gasteiger partial charge in [-0.1, -0.05) is 5.16 Å². The number of halogens is 1. The lowest BCUT2D eigenvalue weighted by molar-refractivity contribution is 0.405. The third-order valence-electron chi connectivity index (χ3n) is 2.92. The Morgan fingerprint density at radius 2 is 2.18 bits per heavy atom. The Hall–Kier alpha value is -1.43. The third-order valence-corrected chi connectivity index (χ3v) is 3.33. The van der Waals surface area contributed by atoms with Crippen LogP contribution in [0, 0.1) is 0 Å². The molecule has 1 aliphatic heterocycles. The van der Waals surface area contributed by atoms with Gasteiger partial charge < -0.3 is 9.42 Å². The minimum absolute atomic E-state index is 0.231. The summed E-state index contributed by atoms with van der Waals surface area (Å²) in [6, 6.07) is 2.14. The summed E-state index contributed by atoms with van der Waals surface area (Å²) in [5.41, 5.74) is 0.953. The summed E-state index contributed by atoms with van der Waals surface area (Å²) in [6.45, 7) is 0.957. The minimum atomic E-state index is 0.231. The van der Waals surface area contributed by atoms with Crippen molar-refractivity contribution in [3.05, 3.63) is 34.9 Å². The standard InChI is InChI=1S/C11H11BrN4O/c12-8-6-13-11(14-7-8)16-4-1-2-10(16)9-3-5-17-15-9/h3,5-7,10H,1-2,4H2/t10-/m0/s1. The van der Waals surface area contributed by atoms with Crippen LogP contribution in [0.4, 0.5) is 5.95 Å². The van der Waals surface area contributed by atoms with Crippen molar-refractivity contribution in [3.8, 4) is 0 Å². The molecule has 2 aromatic rings. The molecule has 1 atom stereocenters. The second-order valence-electron chi connectivity index (χ2n) is 3.98. The second-order valence-corrected chi connectivity index (χ2v) is 4.89. The van der Waals surface area contributed by atoms with E-state index in [0.717, 1.165) is 35.5 Å². The predicted octanol–water partition coefficient (Wildman–Crippen LogP) is 2.57. The van der Waals surface area contributed by atoms with Crippen molar-refractivity contribution in [1.29, 1.82) is 0 Å². The van der Waals surface area contributed by atoms with Gasteiger partial charge in [0.05, 0.1) is 10.5 Å². The van der Waals surface area contributed by atoms with Gasteiger partial charge in [-0.15, -0.1) is 0 Å². The fraction of sp³-hybridized carbons (Fsp3) is 0.364. The number of hydrogen-bond donors (Lipinski definition) is 0. The molecule has 1 fully saturated rings. The first-order chi connectivity index (χ1) is 8.34. The summed E-state index contributed by atoms with van der Waals surface area (Å²) in [6.07, 6.45) is 7.32. The highest BCUT2D eigenvalue weighted by molar-refractivity contribution is 9.10. The third kappa shape index (κ3) is 2.04. The molecule has 0 radical (unpaired) electrons. The van der Waals surface area contributed by atoms with Gasteiger partial charge in [0.2, 0.25) is 5.95 Å². The molecule has 1 saturated heterocycles. The fourth-order valence-electron chi connectivity index (χ4n) is 2.16. The molecule has 3 rings (SSSR count). The van der Waals surface area contributed by atoms with Crippen LogP contribution in [0.15, 0.2) is 33.7 Å². The molecule has 0 amide bonds. The molecule has 0 unspecified atom stereocenters. The molecule has 17 heavy (non-hydrogen) atoms. The van der Waals surface area contributed by atoms with E-state index < -0.39 is 0 Å². The van der Waals surface area contributed by atoms with Gasteiger partial charge >= 0.3 is 0 Å². The zero-order chi connectivity index (χ0) is 11.7. The molecular weight excluding hydrogens is 284 g/mol. The predicted molar refractivity (Wildman–Crippen MR) is 65.6 cm³/mol. The van der Waals surface area contributed by atoms with Crippen molar-refractivity contribution in [2.45, 2.75) is 18.9 Å². The molecule has 0 bridgehead atoms. The van der Waals surface area contributed by atoms with Gasteiger partial charge in [0.1, 0.15) is 12.0 Å². The van der Waals surface area contributed by atoms with Crippen LogP contribution >= 0.6 is 15.9 Å². The summed E-state index contributed by atoms with van der Waals surface area (Å²) < 4.78 is 5.79. The van der Waals surface area contributed by atoms with Crippen molar-refractivity contribution in [1.82, 2.24) is 15.1 Å². The summed E-state index contributed by atoms with van der Waals surface area (Å²) in [4.78, 5) is 10.8. The van der Waals surface area contributed by atoms with E-state index in [9.17, 15) is 0 Å². The maximum atomic E-state index is 4.91. The Labute approximate surface area is 107 Å². The van der Waals surface area contributed by atoms with Gasteiger partial charge in [0.25, 0.3) is 0 Å². The SMILES string of the molecule is Brc1cnc(N2CCC[C@H]2c2ccon2)nc1. The minimum Gasteiger partial charge on any atom is -0.364 e. The molecule has 88 valence electrons. The van der Waals surface area contributed by atoms with E-state index >= 15 is 0 Å². The molecule has 3 heterocycles. The normalized spacial score (nSPS) is 19.8. The lowest BCUT2D eigenvalue weighted by atomic mass is 10.1. The first kappa shape index (κ1) is 10.7. The monoisotopic (exact) mass is 294 g/mol. The van der Waals surface area contributed by atoms with Crippen LogP contribution in [-0.2, 0) is 0 Å². The van der Waals surface area contributed by atoms with E-state index in [0.29, 0.717) is 0 Å². The summed E-state index contributed by atoms with van der Waals surface area (Å²) in [5, 5.41) is 4.01. The molecule has 2 aromatic heterocycles. The largest absolute Gasteiger partial charge is 0.364 e. The zero-order valence-electron chi connectivity index (χ0n) is 9.08. The summed E-state index contributed by atoms with van der Waals surface area (Å²) in [7, 11) is 0. The number of hydrogen-bond acceptors (Lipinski definition) is 5. The van der Waals surface area contributed by atoms with Gasteiger partial charge in [-0.05, 0) is 28.8 Å².